The molecule has 0 aliphatic heterocycles. The van der Waals surface area contributed by atoms with Crippen molar-refractivity contribution < 1.29 is 5.11 Å². The van der Waals surface area contributed by atoms with Gasteiger partial charge in [-0.05, 0) is 26.3 Å². The quantitative estimate of drug-likeness (QED) is 0.795. The van der Waals surface area contributed by atoms with Gasteiger partial charge < -0.3 is 5.11 Å². The molecule has 0 radical (unpaired) electrons. The zero-order valence-electron chi connectivity index (χ0n) is 9.81. The molecule has 0 fully saturated rings. The smallest absolute Gasteiger partial charge is 0.217 e. The Morgan fingerprint density at radius 3 is 2.25 bits per heavy atom. The van der Waals surface area contributed by atoms with E-state index >= 15 is 0 Å². The van der Waals surface area contributed by atoms with Crippen LogP contribution in [-0.4, -0.2) is 14.9 Å². The molecule has 2 aromatic rings. The van der Waals surface area contributed by atoms with Crippen LogP contribution in [0, 0.1) is 0 Å². The Hall–Kier alpha value is -1.77. The largest absolute Gasteiger partial charge is 0.493 e. The molecular formula is C13H16N2O. The summed E-state index contributed by atoms with van der Waals surface area (Å²) in [5.41, 5.74) is 1.54. The number of aromatic nitrogens is 2. The van der Waals surface area contributed by atoms with Crippen LogP contribution in [0.4, 0.5) is 0 Å². The van der Waals surface area contributed by atoms with Gasteiger partial charge in [-0.25, -0.2) is 4.68 Å². The zero-order chi connectivity index (χ0) is 11.8. The summed E-state index contributed by atoms with van der Waals surface area (Å²) in [6.07, 6.45) is 1.70. The number of hydrogen-bond donors (Lipinski definition) is 1. The topological polar surface area (TPSA) is 38.0 Å². The van der Waals surface area contributed by atoms with E-state index in [4.69, 9.17) is 0 Å². The molecule has 16 heavy (non-hydrogen) atoms. The number of hydrogen-bond acceptors (Lipinski definition) is 2. The molecule has 0 saturated heterocycles. The van der Waals surface area contributed by atoms with Crippen LogP contribution in [0.2, 0.25) is 0 Å². The highest BCUT2D eigenvalue weighted by molar-refractivity contribution is 5.67. The van der Waals surface area contributed by atoms with Gasteiger partial charge in [0.05, 0.1) is 17.3 Å². The lowest BCUT2D eigenvalue weighted by atomic mass is 10.1. The van der Waals surface area contributed by atoms with Crippen molar-refractivity contribution in [2.75, 3.05) is 0 Å². The summed E-state index contributed by atoms with van der Waals surface area (Å²) in [5.74, 6) is 0.221. The molecule has 0 atom stereocenters. The summed E-state index contributed by atoms with van der Waals surface area (Å²) in [7, 11) is 0. The van der Waals surface area contributed by atoms with Crippen LogP contribution in [0.3, 0.4) is 0 Å². The molecule has 84 valence electrons. The molecule has 0 saturated carbocycles. The Balaban J connectivity index is 2.50. The first kappa shape index (κ1) is 10.7. The standard InChI is InChI=1S/C13H16N2O/c1-13(2,3)15-12(16)11(9-14-15)10-7-5-4-6-8-10/h4-9,16H,1-3H3. The van der Waals surface area contributed by atoms with Gasteiger partial charge in [-0.1, -0.05) is 30.3 Å². The SMILES string of the molecule is CC(C)(C)n1ncc(-c2ccccc2)c1O. The van der Waals surface area contributed by atoms with Crippen molar-refractivity contribution in [3.63, 3.8) is 0 Å². The van der Waals surface area contributed by atoms with Crippen LogP contribution >= 0.6 is 0 Å². The summed E-state index contributed by atoms with van der Waals surface area (Å²) in [4.78, 5) is 0. The van der Waals surface area contributed by atoms with E-state index in [0.29, 0.717) is 0 Å². The second-order valence-electron chi connectivity index (χ2n) is 4.83. The van der Waals surface area contributed by atoms with Crippen LogP contribution in [0.1, 0.15) is 20.8 Å². The zero-order valence-corrected chi connectivity index (χ0v) is 9.81. The molecule has 1 aromatic carbocycles. The minimum Gasteiger partial charge on any atom is -0.493 e. The van der Waals surface area contributed by atoms with E-state index in [1.165, 1.54) is 0 Å². The molecular weight excluding hydrogens is 200 g/mol. The van der Waals surface area contributed by atoms with Gasteiger partial charge in [0.25, 0.3) is 0 Å². The summed E-state index contributed by atoms with van der Waals surface area (Å²) in [6, 6.07) is 9.77. The lowest BCUT2D eigenvalue weighted by molar-refractivity contribution is 0.295. The van der Waals surface area contributed by atoms with Crippen molar-refractivity contribution in [3.8, 4) is 17.0 Å². The highest BCUT2D eigenvalue weighted by atomic mass is 16.3. The van der Waals surface area contributed by atoms with E-state index in [1.807, 2.05) is 51.1 Å². The van der Waals surface area contributed by atoms with Crippen LogP contribution in [0.5, 0.6) is 5.88 Å². The monoisotopic (exact) mass is 216 g/mol. The van der Waals surface area contributed by atoms with Gasteiger partial charge in [-0.15, -0.1) is 0 Å². The van der Waals surface area contributed by atoms with Gasteiger partial charge in [0.1, 0.15) is 0 Å². The molecule has 3 nitrogen and oxygen atoms in total. The van der Waals surface area contributed by atoms with Crippen LogP contribution in [0.15, 0.2) is 36.5 Å². The Morgan fingerprint density at radius 1 is 1.12 bits per heavy atom. The number of rotatable bonds is 1. The Labute approximate surface area is 95.3 Å². The third kappa shape index (κ3) is 1.81. The molecule has 3 heteroatoms. The first-order chi connectivity index (χ1) is 7.50. The maximum absolute atomic E-state index is 10.1. The summed E-state index contributed by atoms with van der Waals surface area (Å²) < 4.78 is 1.63. The molecule has 2 rings (SSSR count). The minimum absolute atomic E-state index is 0.211. The average molecular weight is 216 g/mol. The first-order valence-corrected chi connectivity index (χ1v) is 5.33. The van der Waals surface area contributed by atoms with Gasteiger partial charge in [0.15, 0.2) is 0 Å². The molecule has 0 spiro atoms. The predicted molar refractivity (Wildman–Crippen MR) is 64.3 cm³/mol. The number of aromatic hydroxyl groups is 1. The third-order valence-corrected chi connectivity index (χ3v) is 2.46. The fourth-order valence-electron chi connectivity index (χ4n) is 1.65. The lowest BCUT2D eigenvalue weighted by Crippen LogP contribution is -2.22. The second-order valence-corrected chi connectivity index (χ2v) is 4.83. The third-order valence-electron chi connectivity index (χ3n) is 2.46. The Morgan fingerprint density at radius 2 is 1.75 bits per heavy atom. The van der Waals surface area contributed by atoms with Crippen LogP contribution in [0.25, 0.3) is 11.1 Å². The minimum atomic E-state index is -0.211. The highest BCUT2D eigenvalue weighted by Crippen LogP contribution is 2.32. The predicted octanol–water partition coefficient (Wildman–Crippen LogP) is 3.01. The van der Waals surface area contributed by atoms with Gasteiger partial charge in [-0.3, -0.25) is 0 Å². The highest BCUT2D eigenvalue weighted by Gasteiger charge is 2.20. The second kappa shape index (κ2) is 3.67. The maximum atomic E-state index is 10.1. The van der Waals surface area contributed by atoms with E-state index in [0.717, 1.165) is 11.1 Å². The van der Waals surface area contributed by atoms with E-state index in [2.05, 4.69) is 5.10 Å². The normalized spacial score (nSPS) is 11.7. The van der Waals surface area contributed by atoms with Crippen molar-refractivity contribution in [2.24, 2.45) is 0 Å². The van der Waals surface area contributed by atoms with Crippen molar-refractivity contribution in [3.05, 3.63) is 36.5 Å². The summed E-state index contributed by atoms with van der Waals surface area (Å²) in [6.45, 7) is 6.03. The van der Waals surface area contributed by atoms with E-state index in [1.54, 1.807) is 10.9 Å². The summed E-state index contributed by atoms with van der Waals surface area (Å²) in [5, 5.41) is 14.3. The lowest BCUT2D eigenvalue weighted by Gasteiger charge is -2.20. The number of nitrogens with zero attached hydrogens (tertiary/aromatic N) is 2. The molecule has 1 aromatic heterocycles. The van der Waals surface area contributed by atoms with Crippen molar-refractivity contribution in [1.82, 2.24) is 9.78 Å². The molecule has 0 bridgehead atoms. The summed E-state index contributed by atoms with van der Waals surface area (Å²) >= 11 is 0. The van der Waals surface area contributed by atoms with Gasteiger partial charge in [0.2, 0.25) is 5.88 Å². The molecule has 0 aliphatic rings. The average Bonchev–Trinajstić information content (AvgIpc) is 2.61. The van der Waals surface area contributed by atoms with Crippen molar-refractivity contribution in [2.45, 2.75) is 26.3 Å². The molecule has 0 unspecified atom stereocenters. The van der Waals surface area contributed by atoms with Crippen molar-refractivity contribution in [1.29, 1.82) is 0 Å². The molecule has 0 amide bonds. The van der Waals surface area contributed by atoms with Gasteiger partial charge in [-0.2, -0.15) is 5.10 Å². The molecule has 1 N–H and O–H groups in total. The first-order valence-electron chi connectivity index (χ1n) is 5.33. The fraction of sp³-hybridized carbons (Fsp3) is 0.308. The Kier molecular flexibility index (Phi) is 2.46. The fourth-order valence-corrected chi connectivity index (χ4v) is 1.65. The van der Waals surface area contributed by atoms with Crippen LogP contribution in [-0.2, 0) is 5.54 Å². The van der Waals surface area contributed by atoms with Crippen LogP contribution < -0.4 is 0 Å². The van der Waals surface area contributed by atoms with Crippen molar-refractivity contribution >= 4 is 0 Å². The molecule has 0 aliphatic carbocycles. The van der Waals surface area contributed by atoms with E-state index < -0.39 is 0 Å². The van der Waals surface area contributed by atoms with Gasteiger partial charge >= 0.3 is 0 Å². The Bertz CT molecular complexity index is 480. The van der Waals surface area contributed by atoms with E-state index in [-0.39, 0.29) is 11.4 Å². The number of benzene rings is 1. The maximum Gasteiger partial charge on any atom is 0.217 e. The molecule has 1 heterocycles. The van der Waals surface area contributed by atoms with E-state index in [9.17, 15) is 5.11 Å². The van der Waals surface area contributed by atoms with Gasteiger partial charge in [0, 0.05) is 0 Å².